The Morgan fingerprint density at radius 3 is 2.61 bits per heavy atom. The summed E-state index contributed by atoms with van der Waals surface area (Å²) in [4.78, 5) is 22.7. The smallest absolute Gasteiger partial charge is 0.354 e. The highest BCUT2D eigenvalue weighted by Crippen LogP contribution is 2.17. The number of carbonyl (C=O) groups is 1. The average Bonchev–Trinajstić information content (AvgIpc) is 2.31. The Morgan fingerprint density at radius 1 is 1.22 bits per heavy atom. The van der Waals surface area contributed by atoms with Crippen LogP contribution in [0.1, 0.15) is 21.9 Å². The van der Waals surface area contributed by atoms with E-state index >= 15 is 0 Å². The summed E-state index contributed by atoms with van der Waals surface area (Å²) in [7, 11) is 0. The van der Waals surface area contributed by atoms with Gasteiger partial charge in [-0.1, -0.05) is 0 Å². The molecule has 6 heteroatoms. The Labute approximate surface area is 103 Å². The van der Waals surface area contributed by atoms with E-state index < -0.39 is 5.97 Å². The van der Waals surface area contributed by atoms with Gasteiger partial charge in [0.2, 0.25) is 0 Å². The van der Waals surface area contributed by atoms with Crippen LogP contribution < -0.4 is 4.74 Å². The number of hydrogen-bond donors (Lipinski definition) is 1. The summed E-state index contributed by atoms with van der Waals surface area (Å²) in [6, 6.07) is 4.87. The fourth-order valence-corrected chi connectivity index (χ4v) is 1.32. The van der Waals surface area contributed by atoms with Crippen molar-refractivity contribution < 1.29 is 14.6 Å². The summed E-state index contributed by atoms with van der Waals surface area (Å²) in [5.41, 5.74) is 1.29. The molecule has 0 radical (unpaired) electrons. The van der Waals surface area contributed by atoms with Crippen LogP contribution in [0.3, 0.4) is 0 Å². The number of nitrogens with zero attached hydrogens (tertiary/aromatic N) is 3. The first-order valence-electron chi connectivity index (χ1n) is 5.24. The number of carboxylic acid groups (broad SMARTS) is 1. The standard InChI is InChI=1S/C12H11N3O3/c1-7-3-4-9(6-13-7)18-12-14-8(2)5-10(15-12)11(16)17/h3-6H,1-2H3,(H,16,17). The Bertz CT molecular complexity index is 582. The lowest BCUT2D eigenvalue weighted by atomic mass is 10.3. The molecular formula is C12H11N3O3. The number of ether oxygens (including phenoxy) is 1. The van der Waals surface area contributed by atoms with E-state index in [1.807, 2.05) is 6.92 Å². The van der Waals surface area contributed by atoms with Crippen LogP contribution in [0.25, 0.3) is 0 Å². The largest absolute Gasteiger partial charge is 0.477 e. The van der Waals surface area contributed by atoms with Gasteiger partial charge in [-0.3, -0.25) is 4.98 Å². The van der Waals surface area contributed by atoms with Crippen molar-refractivity contribution in [2.45, 2.75) is 13.8 Å². The lowest BCUT2D eigenvalue weighted by Crippen LogP contribution is -2.04. The number of pyridine rings is 1. The molecule has 0 bridgehead atoms. The van der Waals surface area contributed by atoms with Crippen LogP contribution in [0.4, 0.5) is 0 Å². The zero-order valence-electron chi connectivity index (χ0n) is 9.91. The second-order valence-electron chi connectivity index (χ2n) is 3.72. The van der Waals surface area contributed by atoms with E-state index in [4.69, 9.17) is 9.84 Å². The monoisotopic (exact) mass is 245 g/mol. The Hall–Kier alpha value is -2.50. The molecule has 0 aliphatic rings. The maximum atomic E-state index is 10.8. The van der Waals surface area contributed by atoms with Crippen LogP contribution in [-0.4, -0.2) is 26.0 Å². The van der Waals surface area contributed by atoms with Gasteiger partial charge in [-0.2, -0.15) is 4.98 Å². The van der Waals surface area contributed by atoms with E-state index in [1.165, 1.54) is 12.3 Å². The molecule has 0 aromatic carbocycles. The molecule has 0 aliphatic heterocycles. The van der Waals surface area contributed by atoms with E-state index in [2.05, 4.69) is 15.0 Å². The van der Waals surface area contributed by atoms with Crippen molar-refractivity contribution in [3.05, 3.63) is 41.5 Å². The molecule has 0 aliphatic carbocycles. The molecule has 2 aromatic heterocycles. The van der Waals surface area contributed by atoms with Crippen LogP contribution in [-0.2, 0) is 0 Å². The third-order valence-electron chi connectivity index (χ3n) is 2.15. The van der Waals surface area contributed by atoms with Gasteiger partial charge in [0.1, 0.15) is 5.75 Å². The van der Waals surface area contributed by atoms with Crippen LogP contribution in [0.5, 0.6) is 11.8 Å². The van der Waals surface area contributed by atoms with E-state index in [1.54, 1.807) is 19.1 Å². The number of aromatic carboxylic acids is 1. The van der Waals surface area contributed by atoms with Gasteiger partial charge in [0.25, 0.3) is 0 Å². The number of hydrogen-bond acceptors (Lipinski definition) is 5. The second-order valence-corrected chi connectivity index (χ2v) is 3.72. The highest BCUT2D eigenvalue weighted by molar-refractivity contribution is 5.85. The molecule has 2 aromatic rings. The second kappa shape index (κ2) is 4.79. The first kappa shape index (κ1) is 12.0. The zero-order chi connectivity index (χ0) is 13.1. The molecule has 0 atom stereocenters. The van der Waals surface area contributed by atoms with Crippen LogP contribution in [0, 0.1) is 13.8 Å². The first-order valence-corrected chi connectivity index (χ1v) is 5.24. The minimum absolute atomic E-state index is 0.00180. The maximum Gasteiger partial charge on any atom is 0.354 e. The van der Waals surface area contributed by atoms with Gasteiger partial charge in [0.05, 0.1) is 6.20 Å². The van der Waals surface area contributed by atoms with Crippen LogP contribution in [0.15, 0.2) is 24.4 Å². The van der Waals surface area contributed by atoms with Crippen molar-refractivity contribution in [2.24, 2.45) is 0 Å². The topological polar surface area (TPSA) is 85.2 Å². The fourth-order valence-electron chi connectivity index (χ4n) is 1.32. The van der Waals surface area contributed by atoms with E-state index in [-0.39, 0.29) is 11.7 Å². The molecule has 18 heavy (non-hydrogen) atoms. The lowest BCUT2D eigenvalue weighted by molar-refractivity contribution is 0.0689. The van der Waals surface area contributed by atoms with E-state index in [0.29, 0.717) is 11.4 Å². The molecule has 2 heterocycles. The van der Waals surface area contributed by atoms with Gasteiger partial charge in [-0.05, 0) is 32.0 Å². The van der Waals surface area contributed by atoms with Crippen LogP contribution >= 0.6 is 0 Å². The molecule has 92 valence electrons. The van der Waals surface area contributed by atoms with E-state index in [0.717, 1.165) is 5.69 Å². The van der Waals surface area contributed by atoms with Crippen molar-refractivity contribution in [3.8, 4) is 11.8 Å². The van der Waals surface area contributed by atoms with Gasteiger partial charge in [0.15, 0.2) is 5.69 Å². The Balaban J connectivity index is 2.28. The molecule has 6 nitrogen and oxygen atoms in total. The highest BCUT2D eigenvalue weighted by atomic mass is 16.5. The number of rotatable bonds is 3. The minimum atomic E-state index is -1.12. The minimum Gasteiger partial charge on any atom is -0.477 e. The third-order valence-corrected chi connectivity index (χ3v) is 2.15. The van der Waals surface area contributed by atoms with E-state index in [9.17, 15) is 4.79 Å². The molecule has 0 fully saturated rings. The van der Waals surface area contributed by atoms with Crippen molar-refractivity contribution in [1.29, 1.82) is 0 Å². The van der Waals surface area contributed by atoms with Crippen molar-refractivity contribution >= 4 is 5.97 Å². The molecule has 0 spiro atoms. The fraction of sp³-hybridized carbons (Fsp3) is 0.167. The average molecular weight is 245 g/mol. The summed E-state index contributed by atoms with van der Waals surface area (Å²) >= 11 is 0. The van der Waals surface area contributed by atoms with Crippen LogP contribution in [0.2, 0.25) is 0 Å². The van der Waals surface area contributed by atoms with Gasteiger partial charge in [0, 0.05) is 11.4 Å². The highest BCUT2D eigenvalue weighted by Gasteiger charge is 2.10. The number of carboxylic acids is 1. The molecule has 0 amide bonds. The van der Waals surface area contributed by atoms with Gasteiger partial charge in [-0.15, -0.1) is 0 Å². The molecule has 0 unspecified atom stereocenters. The molecule has 1 N–H and O–H groups in total. The Kier molecular flexibility index (Phi) is 3.18. The van der Waals surface area contributed by atoms with Gasteiger partial charge >= 0.3 is 12.0 Å². The maximum absolute atomic E-state index is 10.8. The zero-order valence-corrected chi connectivity index (χ0v) is 9.91. The predicted octanol–water partition coefficient (Wildman–Crippen LogP) is 1.98. The van der Waals surface area contributed by atoms with Crippen molar-refractivity contribution in [3.63, 3.8) is 0 Å². The predicted molar refractivity (Wildman–Crippen MR) is 62.8 cm³/mol. The quantitative estimate of drug-likeness (QED) is 0.889. The molecule has 0 saturated carbocycles. The summed E-state index contributed by atoms with van der Waals surface area (Å²) < 4.78 is 5.36. The third kappa shape index (κ3) is 2.79. The first-order chi connectivity index (χ1) is 8.54. The molecule has 2 rings (SSSR count). The number of aromatic nitrogens is 3. The molecular weight excluding hydrogens is 234 g/mol. The number of aryl methyl sites for hydroxylation is 2. The lowest BCUT2D eigenvalue weighted by Gasteiger charge is -2.05. The van der Waals surface area contributed by atoms with Gasteiger partial charge in [-0.25, -0.2) is 9.78 Å². The SMILES string of the molecule is Cc1ccc(Oc2nc(C)cc(C(=O)O)n2)cn1. The molecule has 0 saturated heterocycles. The summed E-state index contributed by atoms with van der Waals surface area (Å²) in [5.74, 6) is -0.657. The summed E-state index contributed by atoms with van der Waals surface area (Å²) in [6.07, 6.45) is 1.53. The Morgan fingerprint density at radius 2 is 2.00 bits per heavy atom. The van der Waals surface area contributed by atoms with Crippen molar-refractivity contribution in [2.75, 3.05) is 0 Å². The normalized spacial score (nSPS) is 10.1. The summed E-state index contributed by atoms with van der Waals surface area (Å²) in [6.45, 7) is 3.53. The van der Waals surface area contributed by atoms with Crippen molar-refractivity contribution in [1.82, 2.24) is 15.0 Å². The summed E-state index contributed by atoms with van der Waals surface area (Å²) in [5, 5.41) is 8.88. The van der Waals surface area contributed by atoms with Gasteiger partial charge < -0.3 is 9.84 Å².